The fraction of sp³-hybridized carbons (Fsp3) is 0.500. The highest BCUT2D eigenvalue weighted by molar-refractivity contribution is 5.98. The molecule has 0 unspecified atom stereocenters. The SMILES string of the molecule is CCC(O)(CC)CNC(=O)c1cc2c(cc1F)NC(=O)CC2. The van der Waals surface area contributed by atoms with E-state index in [1.165, 1.54) is 12.1 Å². The Morgan fingerprint density at radius 1 is 1.36 bits per heavy atom. The van der Waals surface area contributed by atoms with Crippen LogP contribution < -0.4 is 10.6 Å². The number of carbonyl (C=O) groups is 2. The number of rotatable bonds is 5. The zero-order valence-electron chi connectivity index (χ0n) is 12.8. The molecule has 0 spiro atoms. The monoisotopic (exact) mass is 308 g/mol. The maximum atomic E-state index is 14.1. The molecule has 0 saturated heterocycles. The van der Waals surface area contributed by atoms with Crippen LogP contribution in [0.1, 0.15) is 49.0 Å². The summed E-state index contributed by atoms with van der Waals surface area (Å²) in [4.78, 5) is 23.4. The number of hydrogen-bond acceptors (Lipinski definition) is 3. The van der Waals surface area contributed by atoms with Crippen molar-refractivity contribution in [2.75, 3.05) is 11.9 Å². The molecule has 0 fully saturated rings. The lowest BCUT2D eigenvalue weighted by molar-refractivity contribution is -0.116. The fourth-order valence-electron chi connectivity index (χ4n) is 2.42. The van der Waals surface area contributed by atoms with Crippen molar-refractivity contribution < 1.29 is 19.1 Å². The van der Waals surface area contributed by atoms with Gasteiger partial charge in [-0.05, 0) is 37.0 Å². The van der Waals surface area contributed by atoms with E-state index in [2.05, 4.69) is 10.6 Å². The van der Waals surface area contributed by atoms with Gasteiger partial charge in [-0.1, -0.05) is 13.8 Å². The molecule has 0 bridgehead atoms. The Labute approximate surface area is 128 Å². The minimum absolute atomic E-state index is 0.0653. The number of fused-ring (bicyclic) bond motifs is 1. The van der Waals surface area contributed by atoms with E-state index in [0.717, 1.165) is 5.56 Å². The summed E-state index contributed by atoms with van der Waals surface area (Å²) in [5.41, 5.74) is 0.120. The fourth-order valence-corrected chi connectivity index (χ4v) is 2.42. The molecule has 1 aliphatic rings. The number of benzene rings is 1. The first kappa shape index (κ1) is 16.4. The van der Waals surface area contributed by atoms with Gasteiger partial charge in [-0.3, -0.25) is 9.59 Å². The summed E-state index contributed by atoms with van der Waals surface area (Å²) in [6, 6.07) is 2.64. The van der Waals surface area contributed by atoms with E-state index in [-0.39, 0.29) is 18.0 Å². The second-order valence-corrected chi connectivity index (χ2v) is 5.65. The molecule has 22 heavy (non-hydrogen) atoms. The van der Waals surface area contributed by atoms with Crippen LogP contribution in [0.15, 0.2) is 12.1 Å². The molecular formula is C16H21FN2O3. The summed E-state index contributed by atoms with van der Waals surface area (Å²) in [7, 11) is 0. The van der Waals surface area contributed by atoms with Gasteiger partial charge in [0.25, 0.3) is 5.91 Å². The lowest BCUT2D eigenvalue weighted by atomic mass is 9.97. The first-order valence-corrected chi connectivity index (χ1v) is 7.51. The van der Waals surface area contributed by atoms with Crippen LogP contribution in [0.4, 0.5) is 10.1 Å². The predicted octanol–water partition coefficient (Wildman–Crippen LogP) is 1.99. The molecule has 0 saturated carbocycles. The van der Waals surface area contributed by atoms with Crippen molar-refractivity contribution in [2.24, 2.45) is 0 Å². The summed E-state index contributed by atoms with van der Waals surface area (Å²) in [6.07, 6.45) is 1.81. The van der Waals surface area contributed by atoms with Crippen molar-refractivity contribution in [3.63, 3.8) is 0 Å². The third kappa shape index (κ3) is 3.44. The molecule has 0 aliphatic carbocycles. The van der Waals surface area contributed by atoms with Crippen molar-refractivity contribution in [1.29, 1.82) is 0 Å². The molecular weight excluding hydrogens is 287 g/mol. The minimum Gasteiger partial charge on any atom is -0.388 e. The number of anilines is 1. The summed E-state index contributed by atoms with van der Waals surface area (Å²) < 4.78 is 14.1. The molecule has 3 N–H and O–H groups in total. The summed E-state index contributed by atoms with van der Waals surface area (Å²) in [5.74, 6) is -1.40. The highest BCUT2D eigenvalue weighted by Crippen LogP contribution is 2.26. The lowest BCUT2D eigenvalue weighted by Crippen LogP contribution is -2.42. The Hall–Kier alpha value is -1.95. The second-order valence-electron chi connectivity index (χ2n) is 5.65. The second kappa shape index (κ2) is 6.44. The Bertz CT molecular complexity index is 597. The first-order chi connectivity index (χ1) is 10.4. The molecule has 0 radical (unpaired) electrons. The van der Waals surface area contributed by atoms with Crippen molar-refractivity contribution >= 4 is 17.5 Å². The van der Waals surface area contributed by atoms with Crippen LogP contribution >= 0.6 is 0 Å². The lowest BCUT2D eigenvalue weighted by Gasteiger charge is -2.25. The van der Waals surface area contributed by atoms with E-state index in [9.17, 15) is 19.1 Å². The number of carbonyl (C=O) groups excluding carboxylic acids is 2. The van der Waals surface area contributed by atoms with Crippen molar-refractivity contribution in [3.8, 4) is 0 Å². The molecule has 1 aromatic rings. The highest BCUT2D eigenvalue weighted by atomic mass is 19.1. The van der Waals surface area contributed by atoms with Crippen LogP contribution in [-0.2, 0) is 11.2 Å². The van der Waals surface area contributed by atoms with Gasteiger partial charge in [-0.15, -0.1) is 0 Å². The average molecular weight is 308 g/mol. The quantitative estimate of drug-likeness (QED) is 0.778. The molecule has 1 aliphatic heterocycles. The van der Waals surface area contributed by atoms with Crippen LogP contribution in [0.3, 0.4) is 0 Å². The number of hydrogen-bond donors (Lipinski definition) is 3. The Kier molecular flexibility index (Phi) is 4.81. The maximum absolute atomic E-state index is 14.1. The van der Waals surface area contributed by atoms with Crippen LogP contribution in [0.5, 0.6) is 0 Å². The van der Waals surface area contributed by atoms with Gasteiger partial charge >= 0.3 is 0 Å². The highest BCUT2D eigenvalue weighted by Gasteiger charge is 2.25. The van der Waals surface area contributed by atoms with E-state index >= 15 is 0 Å². The molecule has 6 heteroatoms. The number of aliphatic hydroxyl groups is 1. The molecule has 1 heterocycles. The molecule has 5 nitrogen and oxygen atoms in total. The van der Waals surface area contributed by atoms with E-state index < -0.39 is 17.3 Å². The van der Waals surface area contributed by atoms with E-state index in [4.69, 9.17) is 0 Å². The van der Waals surface area contributed by atoms with Crippen LogP contribution in [0.25, 0.3) is 0 Å². The standard InChI is InChI=1S/C16H21FN2O3/c1-3-16(22,4-2)9-18-15(21)11-7-10-5-6-14(20)19-13(10)8-12(11)17/h7-8,22H,3-6,9H2,1-2H3,(H,18,21)(H,19,20). The summed E-state index contributed by atoms with van der Waals surface area (Å²) >= 11 is 0. The number of aryl methyl sites for hydroxylation is 1. The molecule has 120 valence electrons. The van der Waals surface area contributed by atoms with E-state index in [0.29, 0.717) is 31.4 Å². The number of halogens is 1. The number of amides is 2. The molecule has 2 rings (SSSR count). The number of nitrogens with one attached hydrogen (secondary N) is 2. The van der Waals surface area contributed by atoms with Crippen molar-refractivity contribution in [1.82, 2.24) is 5.32 Å². The van der Waals surface area contributed by atoms with Gasteiger partial charge in [-0.25, -0.2) is 4.39 Å². The van der Waals surface area contributed by atoms with Gasteiger partial charge < -0.3 is 15.7 Å². The van der Waals surface area contributed by atoms with Crippen LogP contribution in [0.2, 0.25) is 0 Å². The van der Waals surface area contributed by atoms with Crippen LogP contribution in [-0.4, -0.2) is 29.1 Å². The van der Waals surface area contributed by atoms with Gasteiger partial charge in [0, 0.05) is 18.7 Å². The third-order valence-electron chi connectivity index (χ3n) is 4.23. The Balaban J connectivity index is 2.15. The van der Waals surface area contributed by atoms with Crippen molar-refractivity contribution in [2.45, 2.75) is 45.1 Å². The predicted molar refractivity (Wildman–Crippen MR) is 81.2 cm³/mol. The van der Waals surface area contributed by atoms with Gasteiger partial charge in [0.2, 0.25) is 5.91 Å². The normalized spacial score (nSPS) is 14.3. The van der Waals surface area contributed by atoms with Crippen LogP contribution in [0, 0.1) is 5.82 Å². The largest absolute Gasteiger partial charge is 0.388 e. The first-order valence-electron chi connectivity index (χ1n) is 7.51. The smallest absolute Gasteiger partial charge is 0.254 e. The summed E-state index contributed by atoms with van der Waals surface area (Å²) in [6.45, 7) is 3.74. The van der Waals surface area contributed by atoms with Gasteiger partial charge in [0.15, 0.2) is 0 Å². The molecule has 0 atom stereocenters. The topological polar surface area (TPSA) is 78.4 Å². The Morgan fingerprint density at radius 2 is 2.05 bits per heavy atom. The molecule has 2 amide bonds. The molecule has 0 aromatic heterocycles. The van der Waals surface area contributed by atoms with Gasteiger partial charge in [0.05, 0.1) is 11.2 Å². The average Bonchev–Trinajstić information content (AvgIpc) is 2.51. The van der Waals surface area contributed by atoms with Gasteiger partial charge in [0.1, 0.15) is 5.82 Å². The van der Waals surface area contributed by atoms with Crippen molar-refractivity contribution in [3.05, 3.63) is 29.1 Å². The minimum atomic E-state index is -0.978. The zero-order chi connectivity index (χ0) is 16.3. The maximum Gasteiger partial charge on any atom is 0.254 e. The van der Waals surface area contributed by atoms with E-state index in [1.807, 2.05) is 13.8 Å². The third-order valence-corrected chi connectivity index (χ3v) is 4.23. The van der Waals surface area contributed by atoms with Gasteiger partial charge in [-0.2, -0.15) is 0 Å². The Morgan fingerprint density at radius 3 is 2.68 bits per heavy atom. The van der Waals surface area contributed by atoms with E-state index in [1.54, 1.807) is 0 Å². The summed E-state index contributed by atoms with van der Waals surface area (Å²) in [5, 5.41) is 15.3. The zero-order valence-corrected chi connectivity index (χ0v) is 12.8. The molecule has 1 aromatic carbocycles.